The predicted octanol–water partition coefficient (Wildman–Crippen LogP) is 5.14. The van der Waals surface area contributed by atoms with Gasteiger partial charge in [0.25, 0.3) is 0 Å². The summed E-state index contributed by atoms with van der Waals surface area (Å²) in [6.07, 6.45) is 0. The summed E-state index contributed by atoms with van der Waals surface area (Å²) in [7, 11) is 0. The second kappa shape index (κ2) is 6.46. The number of nitrogens with one attached hydrogen (secondary N) is 1. The van der Waals surface area contributed by atoms with E-state index in [-0.39, 0.29) is 23.7 Å². The van der Waals surface area contributed by atoms with Gasteiger partial charge in [-0.25, -0.2) is 8.78 Å². The summed E-state index contributed by atoms with van der Waals surface area (Å²) in [6.45, 7) is 3.88. The van der Waals surface area contributed by atoms with Crippen LogP contribution < -0.4 is 5.32 Å². The zero-order valence-electron chi connectivity index (χ0n) is 11.3. The zero-order valence-corrected chi connectivity index (χ0v) is 12.9. The van der Waals surface area contributed by atoms with Crippen molar-refractivity contribution in [2.75, 3.05) is 0 Å². The molecule has 2 aromatic rings. The maximum absolute atomic E-state index is 13.8. The number of benzene rings is 2. The molecule has 20 heavy (non-hydrogen) atoms. The third kappa shape index (κ3) is 3.64. The van der Waals surface area contributed by atoms with Crippen LogP contribution in [0.3, 0.4) is 0 Å². The van der Waals surface area contributed by atoms with Gasteiger partial charge in [-0.15, -0.1) is 0 Å². The van der Waals surface area contributed by atoms with Crippen molar-refractivity contribution in [1.29, 1.82) is 0 Å². The molecule has 1 unspecified atom stereocenters. The second-order valence-electron chi connectivity index (χ2n) is 4.83. The molecular weight excluding hydrogens is 324 g/mol. The summed E-state index contributed by atoms with van der Waals surface area (Å²) < 4.78 is 27.6. The van der Waals surface area contributed by atoms with Crippen LogP contribution >= 0.6 is 15.9 Å². The Bertz CT molecular complexity index is 584. The van der Waals surface area contributed by atoms with Crippen LogP contribution in [-0.4, -0.2) is 0 Å². The number of halogens is 3. The smallest absolute Gasteiger partial charge is 0.128 e. The van der Waals surface area contributed by atoms with Crippen LogP contribution in [0, 0.1) is 11.6 Å². The first kappa shape index (κ1) is 15.1. The van der Waals surface area contributed by atoms with Gasteiger partial charge in [-0.2, -0.15) is 0 Å². The van der Waals surface area contributed by atoms with Crippen molar-refractivity contribution >= 4 is 15.9 Å². The van der Waals surface area contributed by atoms with E-state index in [9.17, 15) is 8.78 Å². The molecule has 0 aliphatic heterocycles. The minimum atomic E-state index is -0.257. The molecule has 0 spiro atoms. The van der Waals surface area contributed by atoms with Crippen LogP contribution in [0.2, 0.25) is 0 Å². The van der Waals surface area contributed by atoms with Crippen molar-refractivity contribution in [2.45, 2.75) is 25.9 Å². The molecule has 4 heteroatoms. The highest BCUT2D eigenvalue weighted by atomic mass is 79.9. The van der Waals surface area contributed by atoms with Gasteiger partial charge < -0.3 is 5.32 Å². The van der Waals surface area contributed by atoms with Crippen LogP contribution in [0.25, 0.3) is 0 Å². The van der Waals surface area contributed by atoms with E-state index < -0.39 is 0 Å². The lowest BCUT2D eigenvalue weighted by Crippen LogP contribution is -2.23. The maximum atomic E-state index is 13.8. The molecule has 0 fully saturated rings. The summed E-state index contributed by atoms with van der Waals surface area (Å²) in [6, 6.07) is 11.1. The molecule has 0 aromatic heterocycles. The SMILES string of the molecule is CC(N[C@H](C)c1ccc(F)cc1)c1cc(Br)ccc1F. The van der Waals surface area contributed by atoms with E-state index >= 15 is 0 Å². The normalized spacial score (nSPS) is 14.1. The lowest BCUT2D eigenvalue weighted by Gasteiger charge is -2.21. The monoisotopic (exact) mass is 339 g/mol. The Morgan fingerprint density at radius 1 is 0.950 bits per heavy atom. The van der Waals surface area contributed by atoms with Gasteiger partial charge in [-0.3, -0.25) is 0 Å². The van der Waals surface area contributed by atoms with Crippen LogP contribution in [-0.2, 0) is 0 Å². The second-order valence-corrected chi connectivity index (χ2v) is 5.74. The van der Waals surface area contributed by atoms with E-state index in [0.29, 0.717) is 5.56 Å². The molecule has 1 nitrogen and oxygen atoms in total. The third-order valence-corrected chi connectivity index (χ3v) is 3.79. The molecule has 0 bridgehead atoms. The quantitative estimate of drug-likeness (QED) is 0.813. The summed E-state index contributed by atoms with van der Waals surface area (Å²) in [5, 5.41) is 3.32. The summed E-state index contributed by atoms with van der Waals surface area (Å²) in [5.74, 6) is -0.494. The highest BCUT2D eigenvalue weighted by molar-refractivity contribution is 9.10. The topological polar surface area (TPSA) is 12.0 Å². The fourth-order valence-corrected chi connectivity index (χ4v) is 2.54. The average molecular weight is 340 g/mol. The van der Waals surface area contributed by atoms with E-state index in [4.69, 9.17) is 0 Å². The Kier molecular flexibility index (Phi) is 4.89. The fourth-order valence-electron chi connectivity index (χ4n) is 2.16. The van der Waals surface area contributed by atoms with Gasteiger partial charge in [0.15, 0.2) is 0 Å². The van der Waals surface area contributed by atoms with Crippen LogP contribution in [0.4, 0.5) is 8.78 Å². The van der Waals surface area contributed by atoms with Crippen LogP contribution in [0.15, 0.2) is 46.9 Å². The van der Waals surface area contributed by atoms with Crippen molar-refractivity contribution in [1.82, 2.24) is 5.32 Å². The summed E-state index contributed by atoms with van der Waals surface area (Å²) in [5.41, 5.74) is 1.57. The molecule has 0 aliphatic carbocycles. The van der Waals surface area contributed by atoms with Gasteiger partial charge in [0.2, 0.25) is 0 Å². The van der Waals surface area contributed by atoms with Crippen molar-refractivity contribution in [3.8, 4) is 0 Å². The Morgan fingerprint density at radius 3 is 2.25 bits per heavy atom. The molecule has 2 atom stereocenters. The lowest BCUT2D eigenvalue weighted by molar-refractivity contribution is 0.473. The molecule has 1 N–H and O–H groups in total. The van der Waals surface area contributed by atoms with Gasteiger partial charge in [-0.1, -0.05) is 28.1 Å². The molecule has 0 heterocycles. The molecular formula is C16H16BrF2N. The highest BCUT2D eigenvalue weighted by Crippen LogP contribution is 2.24. The van der Waals surface area contributed by atoms with Gasteiger partial charge >= 0.3 is 0 Å². The zero-order chi connectivity index (χ0) is 14.7. The standard InChI is InChI=1S/C16H16BrF2N/c1-10(12-3-6-14(18)7-4-12)20-11(2)15-9-13(17)5-8-16(15)19/h3-11,20H,1-2H3/t10-,11?/m1/s1. The minimum absolute atomic E-state index is 0.00369. The van der Waals surface area contributed by atoms with Crippen LogP contribution in [0.5, 0.6) is 0 Å². The molecule has 0 amide bonds. The Morgan fingerprint density at radius 2 is 1.60 bits per heavy atom. The molecule has 106 valence electrons. The first-order valence-corrected chi connectivity index (χ1v) is 7.23. The Balaban J connectivity index is 2.12. The Hall–Kier alpha value is -1.26. The fraction of sp³-hybridized carbons (Fsp3) is 0.250. The van der Waals surface area contributed by atoms with Crippen molar-refractivity contribution in [3.63, 3.8) is 0 Å². The molecule has 0 saturated heterocycles. The van der Waals surface area contributed by atoms with Crippen LogP contribution in [0.1, 0.15) is 37.1 Å². The van der Waals surface area contributed by atoms with E-state index in [1.807, 2.05) is 13.8 Å². The molecule has 2 aromatic carbocycles. The van der Waals surface area contributed by atoms with Gasteiger partial charge in [-0.05, 0) is 49.7 Å². The molecule has 0 saturated carbocycles. The summed E-state index contributed by atoms with van der Waals surface area (Å²) in [4.78, 5) is 0. The number of rotatable bonds is 4. The van der Waals surface area contributed by atoms with Crippen molar-refractivity contribution in [2.24, 2.45) is 0 Å². The predicted molar refractivity (Wildman–Crippen MR) is 80.5 cm³/mol. The van der Waals surface area contributed by atoms with Crippen molar-refractivity contribution in [3.05, 3.63) is 69.7 Å². The lowest BCUT2D eigenvalue weighted by atomic mass is 10.0. The summed E-state index contributed by atoms with van der Waals surface area (Å²) >= 11 is 3.35. The number of hydrogen-bond donors (Lipinski definition) is 1. The Labute approximate surface area is 126 Å². The molecule has 0 radical (unpaired) electrons. The van der Waals surface area contributed by atoms with E-state index in [0.717, 1.165) is 10.0 Å². The molecule has 0 aliphatic rings. The van der Waals surface area contributed by atoms with Gasteiger partial charge in [0, 0.05) is 22.1 Å². The van der Waals surface area contributed by atoms with E-state index in [1.165, 1.54) is 18.2 Å². The minimum Gasteiger partial charge on any atom is -0.304 e. The molecule has 2 rings (SSSR count). The van der Waals surface area contributed by atoms with Gasteiger partial charge in [0.05, 0.1) is 0 Å². The van der Waals surface area contributed by atoms with E-state index in [2.05, 4.69) is 21.2 Å². The first-order valence-electron chi connectivity index (χ1n) is 6.44. The van der Waals surface area contributed by atoms with Crippen molar-refractivity contribution < 1.29 is 8.78 Å². The maximum Gasteiger partial charge on any atom is 0.128 e. The highest BCUT2D eigenvalue weighted by Gasteiger charge is 2.14. The average Bonchev–Trinajstić information content (AvgIpc) is 2.42. The third-order valence-electron chi connectivity index (χ3n) is 3.29. The van der Waals surface area contributed by atoms with E-state index in [1.54, 1.807) is 24.3 Å². The first-order chi connectivity index (χ1) is 9.47. The van der Waals surface area contributed by atoms with Gasteiger partial charge in [0.1, 0.15) is 11.6 Å². The number of hydrogen-bond acceptors (Lipinski definition) is 1. The largest absolute Gasteiger partial charge is 0.304 e.